The second-order valence-corrected chi connectivity index (χ2v) is 8.71. The summed E-state index contributed by atoms with van der Waals surface area (Å²) in [6, 6.07) is 14.7. The Morgan fingerprint density at radius 3 is 2.62 bits per heavy atom. The van der Waals surface area contributed by atoms with E-state index in [2.05, 4.69) is 20.2 Å². The van der Waals surface area contributed by atoms with Crippen molar-refractivity contribution >= 4 is 23.5 Å². The van der Waals surface area contributed by atoms with Gasteiger partial charge in [-0.05, 0) is 56.0 Å². The molecule has 0 aliphatic carbocycles. The maximum atomic E-state index is 12.5. The van der Waals surface area contributed by atoms with Crippen molar-refractivity contribution in [2.75, 3.05) is 37.0 Å². The van der Waals surface area contributed by atoms with Crippen LogP contribution in [0.2, 0.25) is 0 Å². The Kier molecular flexibility index (Phi) is 8.91. The first-order valence-corrected chi connectivity index (χ1v) is 12.5. The van der Waals surface area contributed by atoms with Crippen LogP contribution < -0.4 is 19.7 Å². The minimum Gasteiger partial charge on any atom is -0.490 e. The van der Waals surface area contributed by atoms with Gasteiger partial charge in [0.2, 0.25) is 5.91 Å². The van der Waals surface area contributed by atoms with Crippen LogP contribution in [0, 0.1) is 0 Å². The van der Waals surface area contributed by atoms with Crippen LogP contribution in [0.4, 0.5) is 11.6 Å². The molecule has 2 heterocycles. The standard InChI is InChI=1S/C28H32N4O5/c1-3-36-23-8-4-5-9-24(23)37-22-7-6-16-32(19-22)26-18-29-17-25(30-26)31-27(33)15-12-20-10-13-21(14-11-20)28(34)35-2/h4-5,8-11,13-14,17-18,22H,3,6-7,12,15-16,19H2,1-2H3,(H,30,31,33). The minimum atomic E-state index is -0.385. The summed E-state index contributed by atoms with van der Waals surface area (Å²) in [7, 11) is 1.35. The van der Waals surface area contributed by atoms with Gasteiger partial charge in [-0.15, -0.1) is 0 Å². The van der Waals surface area contributed by atoms with Gasteiger partial charge in [-0.2, -0.15) is 0 Å². The van der Waals surface area contributed by atoms with Crippen molar-refractivity contribution in [3.63, 3.8) is 0 Å². The second kappa shape index (κ2) is 12.7. The van der Waals surface area contributed by atoms with Gasteiger partial charge in [0, 0.05) is 13.0 Å². The normalized spacial score (nSPS) is 15.1. The minimum absolute atomic E-state index is 0.0130. The molecule has 1 saturated heterocycles. The molecular weight excluding hydrogens is 472 g/mol. The molecule has 1 aliphatic heterocycles. The van der Waals surface area contributed by atoms with E-state index in [4.69, 9.17) is 14.2 Å². The maximum Gasteiger partial charge on any atom is 0.337 e. The molecule has 1 aliphatic rings. The Labute approximate surface area is 216 Å². The Balaban J connectivity index is 1.32. The van der Waals surface area contributed by atoms with Crippen LogP contribution in [-0.4, -0.2) is 54.8 Å². The van der Waals surface area contributed by atoms with Crippen LogP contribution in [0.25, 0.3) is 0 Å². The van der Waals surface area contributed by atoms with Crippen LogP contribution >= 0.6 is 0 Å². The number of aromatic nitrogens is 2. The Bertz CT molecular complexity index is 1200. The van der Waals surface area contributed by atoms with Crippen molar-refractivity contribution in [2.24, 2.45) is 0 Å². The fraction of sp³-hybridized carbons (Fsp3) is 0.357. The van der Waals surface area contributed by atoms with E-state index in [1.54, 1.807) is 24.5 Å². The summed E-state index contributed by atoms with van der Waals surface area (Å²) in [5.41, 5.74) is 1.43. The van der Waals surface area contributed by atoms with E-state index in [0.717, 1.165) is 36.4 Å². The number of benzene rings is 2. The number of nitrogens with zero attached hydrogens (tertiary/aromatic N) is 3. The molecule has 1 unspecified atom stereocenters. The number of hydrogen-bond acceptors (Lipinski definition) is 8. The second-order valence-electron chi connectivity index (χ2n) is 8.71. The zero-order valence-corrected chi connectivity index (χ0v) is 21.2. The first-order valence-electron chi connectivity index (χ1n) is 12.5. The highest BCUT2D eigenvalue weighted by atomic mass is 16.5. The van der Waals surface area contributed by atoms with E-state index in [-0.39, 0.29) is 24.4 Å². The highest BCUT2D eigenvalue weighted by Gasteiger charge is 2.24. The van der Waals surface area contributed by atoms with Crippen LogP contribution in [0.3, 0.4) is 0 Å². The summed E-state index contributed by atoms with van der Waals surface area (Å²) in [6.07, 6.45) is 5.94. The van der Waals surface area contributed by atoms with Crippen molar-refractivity contribution < 1.29 is 23.8 Å². The molecule has 9 nitrogen and oxygen atoms in total. The Morgan fingerprint density at radius 2 is 1.86 bits per heavy atom. The van der Waals surface area contributed by atoms with E-state index in [9.17, 15) is 9.59 Å². The SMILES string of the molecule is CCOc1ccccc1OC1CCCN(c2cncc(NC(=O)CCc3ccc(C(=O)OC)cc3)n2)C1. The first-order chi connectivity index (χ1) is 18.1. The topological polar surface area (TPSA) is 103 Å². The van der Waals surface area contributed by atoms with Crippen molar-refractivity contribution in [1.29, 1.82) is 0 Å². The number of amides is 1. The average Bonchev–Trinajstić information content (AvgIpc) is 2.93. The molecule has 1 amide bonds. The lowest BCUT2D eigenvalue weighted by Crippen LogP contribution is -2.41. The monoisotopic (exact) mass is 504 g/mol. The van der Waals surface area contributed by atoms with Gasteiger partial charge < -0.3 is 24.4 Å². The van der Waals surface area contributed by atoms with Gasteiger partial charge in [0.25, 0.3) is 0 Å². The number of rotatable bonds is 10. The number of carbonyl (C=O) groups excluding carboxylic acids is 2. The van der Waals surface area contributed by atoms with Crippen molar-refractivity contribution in [3.05, 3.63) is 72.1 Å². The van der Waals surface area contributed by atoms with Gasteiger partial charge in [0.15, 0.2) is 17.3 Å². The molecule has 2 aromatic carbocycles. The lowest BCUT2D eigenvalue weighted by atomic mass is 10.1. The Hall–Kier alpha value is -4.14. The smallest absolute Gasteiger partial charge is 0.337 e. The maximum absolute atomic E-state index is 12.5. The number of piperidine rings is 1. The van der Waals surface area contributed by atoms with Gasteiger partial charge in [-0.1, -0.05) is 24.3 Å². The van der Waals surface area contributed by atoms with Crippen LogP contribution in [0.5, 0.6) is 11.5 Å². The summed E-state index contributed by atoms with van der Waals surface area (Å²) in [4.78, 5) is 35.1. The molecule has 1 atom stereocenters. The number of carbonyl (C=O) groups is 2. The zero-order chi connectivity index (χ0) is 26.0. The summed E-state index contributed by atoms with van der Waals surface area (Å²) >= 11 is 0. The molecule has 1 fully saturated rings. The number of ether oxygens (including phenoxy) is 3. The third-order valence-corrected chi connectivity index (χ3v) is 6.05. The molecule has 4 rings (SSSR count). The molecule has 9 heteroatoms. The van der Waals surface area contributed by atoms with Crippen molar-refractivity contribution in [3.8, 4) is 11.5 Å². The van der Waals surface area contributed by atoms with E-state index >= 15 is 0 Å². The third kappa shape index (κ3) is 7.19. The third-order valence-electron chi connectivity index (χ3n) is 6.05. The molecule has 194 valence electrons. The van der Waals surface area contributed by atoms with E-state index in [1.165, 1.54) is 7.11 Å². The van der Waals surface area contributed by atoms with Gasteiger partial charge >= 0.3 is 5.97 Å². The van der Waals surface area contributed by atoms with E-state index in [0.29, 0.717) is 36.8 Å². The average molecular weight is 505 g/mol. The van der Waals surface area contributed by atoms with Gasteiger partial charge in [0.05, 0.1) is 38.2 Å². The highest BCUT2D eigenvalue weighted by Crippen LogP contribution is 2.30. The predicted molar refractivity (Wildman–Crippen MR) is 140 cm³/mol. The fourth-order valence-electron chi connectivity index (χ4n) is 4.20. The largest absolute Gasteiger partial charge is 0.490 e. The van der Waals surface area contributed by atoms with E-state index in [1.807, 2.05) is 43.3 Å². The molecule has 3 aromatic rings. The lowest BCUT2D eigenvalue weighted by molar-refractivity contribution is -0.116. The Morgan fingerprint density at radius 1 is 1.08 bits per heavy atom. The number of aryl methyl sites for hydroxylation is 1. The summed E-state index contributed by atoms with van der Waals surface area (Å²) in [6.45, 7) is 4.02. The molecule has 1 N–H and O–H groups in total. The van der Waals surface area contributed by atoms with Gasteiger partial charge in [0.1, 0.15) is 11.9 Å². The number of esters is 1. The molecule has 0 bridgehead atoms. The number of para-hydroxylation sites is 2. The predicted octanol–water partition coefficient (Wildman–Crippen LogP) is 4.28. The van der Waals surface area contributed by atoms with Crippen molar-refractivity contribution in [2.45, 2.75) is 38.7 Å². The van der Waals surface area contributed by atoms with Crippen LogP contribution in [0.1, 0.15) is 42.1 Å². The zero-order valence-electron chi connectivity index (χ0n) is 21.2. The quantitative estimate of drug-likeness (QED) is 0.408. The molecule has 0 saturated carbocycles. The van der Waals surface area contributed by atoms with Crippen LogP contribution in [0.15, 0.2) is 60.9 Å². The summed E-state index contributed by atoms with van der Waals surface area (Å²) in [5, 5.41) is 2.84. The van der Waals surface area contributed by atoms with Crippen LogP contribution in [-0.2, 0) is 16.0 Å². The summed E-state index contributed by atoms with van der Waals surface area (Å²) in [5.74, 6) is 2.05. The number of hydrogen-bond donors (Lipinski definition) is 1. The molecule has 0 radical (unpaired) electrons. The van der Waals surface area contributed by atoms with E-state index < -0.39 is 0 Å². The fourth-order valence-corrected chi connectivity index (χ4v) is 4.20. The summed E-state index contributed by atoms with van der Waals surface area (Å²) < 4.78 is 16.7. The molecule has 1 aromatic heterocycles. The number of nitrogens with one attached hydrogen (secondary N) is 1. The molecular formula is C28H32N4O5. The van der Waals surface area contributed by atoms with Crippen molar-refractivity contribution in [1.82, 2.24) is 9.97 Å². The first kappa shape index (κ1) is 25.9. The lowest BCUT2D eigenvalue weighted by Gasteiger charge is -2.33. The molecule has 0 spiro atoms. The van der Waals surface area contributed by atoms with Gasteiger partial charge in [-0.25, -0.2) is 9.78 Å². The number of anilines is 2. The number of methoxy groups -OCH3 is 1. The molecule has 37 heavy (non-hydrogen) atoms. The highest BCUT2D eigenvalue weighted by molar-refractivity contribution is 5.90. The van der Waals surface area contributed by atoms with Gasteiger partial charge in [-0.3, -0.25) is 9.78 Å².